The number of para-hydroxylation sites is 1. The minimum absolute atomic E-state index is 0.0333. The molecule has 0 unspecified atom stereocenters. The molecule has 0 N–H and O–H groups in total. The Hall–Kier alpha value is -3.27. The minimum Gasteiger partial charge on any atom is -0.255 e. The van der Waals surface area contributed by atoms with Gasteiger partial charge in [0.15, 0.2) is 0 Å². The van der Waals surface area contributed by atoms with Gasteiger partial charge in [-0.2, -0.15) is 5.26 Å². The molecular formula is C22H12ClFN2O2S. The molecule has 29 heavy (non-hydrogen) atoms. The van der Waals surface area contributed by atoms with E-state index >= 15 is 0 Å². The lowest BCUT2D eigenvalue weighted by molar-refractivity contribution is 0.594. The lowest BCUT2D eigenvalue weighted by Crippen LogP contribution is -2.06. The van der Waals surface area contributed by atoms with Crippen LogP contribution in [0.5, 0.6) is 0 Å². The fourth-order valence-electron chi connectivity index (χ4n) is 3.13. The van der Waals surface area contributed by atoms with Crippen LogP contribution in [-0.2, 0) is 9.84 Å². The van der Waals surface area contributed by atoms with E-state index in [4.69, 9.17) is 16.9 Å². The molecule has 4 aromatic rings. The molecule has 0 radical (unpaired) electrons. The summed E-state index contributed by atoms with van der Waals surface area (Å²) in [6.07, 6.45) is 1.29. The average Bonchev–Trinajstić information content (AvgIpc) is 2.73. The Kier molecular flexibility index (Phi) is 4.79. The Balaban J connectivity index is 2.05. The third kappa shape index (κ3) is 3.35. The summed E-state index contributed by atoms with van der Waals surface area (Å²) in [6.45, 7) is 0. The highest BCUT2D eigenvalue weighted by Crippen LogP contribution is 2.37. The highest BCUT2D eigenvalue weighted by atomic mass is 35.5. The predicted octanol–water partition coefficient (Wildman–Crippen LogP) is 5.40. The number of nitrogens with zero attached hydrogens (tertiary/aromatic N) is 2. The quantitative estimate of drug-likeness (QED) is 0.414. The number of aromatic nitrogens is 1. The Morgan fingerprint density at radius 1 is 1.00 bits per heavy atom. The molecule has 0 saturated carbocycles. The van der Waals surface area contributed by atoms with Gasteiger partial charge in [-0.15, -0.1) is 0 Å². The van der Waals surface area contributed by atoms with Crippen molar-refractivity contribution in [2.75, 3.05) is 0 Å². The molecule has 0 spiro atoms. The average molecular weight is 423 g/mol. The lowest BCUT2D eigenvalue weighted by Gasteiger charge is -2.14. The third-order valence-corrected chi connectivity index (χ3v) is 6.55. The highest BCUT2D eigenvalue weighted by molar-refractivity contribution is 7.91. The first-order valence-electron chi connectivity index (χ1n) is 8.50. The van der Waals surface area contributed by atoms with Crippen molar-refractivity contribution in [3.8, 4) is 17.2 Å². The van der Waals surface area contributed by atoms with Crippen LogP contribution in [0, 0.1) is 17.1 Å². The molecule has 7 heteroatoms. The molecule has 0 fully saturated rings. The van der Waals surface area contributed by atoms with Crippen LogP contribution in [0.15, 0.2) is 82.7 Å². The highest BCUT2D eigenvalue weighted by Gasteiger charge is 2.25. The molecule has 0 aliphatic carbocycles. The summed E-state index contributed by atoms with van der Waals surface area (Å²) >= 11 is 5.99. The van der Waals surface area contributed by atoms with Crippen molar-refractivity contribution in [2.45, 2.75) is 9.79 Å². The van der Waals surface area contributed by atoms with Gasteiger partial charge in [-0.25, -0.2) is 12.8 Å². The number of benzene rings is 3. The van der Waals surface area contributed by atoms with Crippen molar-refractivity contribution in [1.82, 2.24) is 4.98 Å². The summed E-state index contributed by atoms with van der Waals surface area (Å²) in [5.74, 6) is -0.777. The maximum Gasteiger partial charge on any atom is 0.208 e. The van der Waals surface area contributed by atoms with E-state index in [1.807, 2.05) is 6.07 Å². The molecule has 0 bridgehead atoms. The number of hydrogen-bond acceptors (Lipinski definition) is 4. The molecule has 0 saturated heterocycles. The standard InChI is InChI=1S/C22H12ClFN2O2S/c23-16-7-5-14(6-8-16)22-18-3-1-2-4-20(18)26-13-21(22)29(27,28)17-9-10-19(24)15(11-17)12-25/h1-11,13H. The fraction of sp³-hybridized carbons (Fsp3) is 0. The van der Waals surface area contributed by atoms with Crippen molar-refractivity contribution in [3.63, 3.8) is 0 Å². The Labute approximate surface area is 171 Å². The summed E-state index contributed by atoms with van der Waals surface area (Å²) in [5, 5.41) is 10.2. The second kappa shape index (κ2) is 7.28. The van der Waals surface area contributed by atoms with Gasteiger partial charge in [0.25, 0.3) is 0 Å². The summed E-state index contributed by atoms with van der Waals surface area (Å²) < 4.78 is 40.5. The SMILES string of the molecule is N#Cc1cc(S(=O)(=O)c2cnc3ccccc3c2-c2ccc(Cl)cc2)ccc1F. The number of hydrogen-bond donors (Lipinski definition) is 0. The van der Waals surface area contributed by atoms with Crippen molar-refractivity contribution in [1.29, 1.82) is 5.26 Å². The van der Waals surface area contributed by atoms with Crippen molar-refractivity contribution in [2.24, 2.45) is 0 Å². The first-order valence-corrected chi connectivity index (χ1v) is 10.4. The summed E-state index contributed by atoms with van der Waals surface area (Å²) in [6, 6.07) is 18.8. The largest absolute Gasteiger partial charge is 0.255 e. The maximum absolute atomic E-state index is 13.7. The van der Waals surface area contributed by atoms with Crippen LogP contribution >= 0.6 is 11.6 Å². The summed E-state index contributed by atoms with van der Waals surface area (Å²) in [4.78, 5) is 4.08. The molecule has 1 heterocycles. The van der Waals surface area contributed by atoms with E-state index in [9.17, 15) is 12.8 Å². The van der Waals surface area contributed by atoms with E-state index in [2.05, 4.69) is 4.98 Å². The molecule has 0 amide bonds. The zero-order valence-corrected chi connectivity index (χ0v) is 16.4. The van der Waals surface area contributed by atoms with Crippen LogP contribution < -0.4 is 0 Å². The Morgan fingerprint density at radius 3 is 2.45 bits per heavy atom. The first-order chi connectivity index (χ1) is 13.9. The number of sulfone groups is 1. The molecule has 1 aromatic heterocycles. The predicted molar refractivity (Wildman–Crippen MR) is 109 cm³/mol. The molecule has 0 aliphatic heterocycles. The molecule has 0 atom stereocenters. The van der Waals surface area contributed by atoms with Gasteiger partial charge in [0.05, 0.1) is 20.9 Å². The zero-order valence-electron chi connectivity index (χ0n) is 14.8. The van der Waals surface area contributed by atoms with Gasteiger partial charge in [-0.05, 0) is 42.0 Å². The van der Waals surface area contributed by atoms with Crippen molar-refractivity contribution in [3.05, 3.63) is 89.3 Å². The Morgan fingerprint density at radius 2 is 1.72 bits per heavy atom. The van der Waals surface area contributed by atoms with Crippen molar-refractivity contribution >= 4 is 32.3 Å². The van der Waals surface area contributed by atoms with Gasteiger partial charge in [-0.1, -0.05) is 41.9 Å². The maximum atomic E-state index is 13.7. The van der Waals surface area contributed by atoms with E-state index in [1.54, 1.807) is 48.5 Å². The van der Waals surface area contributed by atoms with Crippen molar-refractivity contribution < 1.29 is 12.8 Å². The number of halogens is 2. The van der Waals surface area contributed by atoms with Gasteiger partial charge in [0.1, 0.15) is 11.9 Å². The minimum atomic E-state index is -4.08. The molecule has 142 valence electrons. The van der Waals surface area contributed by atoms with Gasteiger partial charge < -0.3 is 0 Å². The third-order valence-electron chi connectivity index (χ3n) is 4.53. The van der Waals surface area contributed by atoms with Gasteiger partial charge >= 0.3 is 0 Å². The van der Waals surface area contributed by atoms with E-state index in [0.717, 1.165) is 18.2 Å². The molecule has 4 nitrogen and oxygen atoms in total. The normalized spacial score (nSPS) is 11.3. The number of fused-ring (bicyclic) bond motifs is 1. The van der Waals surface area contributed by atoms with Crippen LogP contribution in [0.4, 0.5) is 4.39 Å². The zero-order chi connectivity index (χ0) is 20.6. The molecule has 4 rings (SSSR count). The molecular weight excluding hydrogens is 411 g/mol. The Bertz CT molecular complexity index is 1400. The van der Waals surface area contributed by atoms with Crippen LogP contribution in [0.1, 0.15) is 5.56 Å². The lowest BCUT2D eigenvalue weighted by atomic mass is 10.0. The second-order valence-corrected chi connectivity index (χ2v) is 8.63. The fourth-order valence-corrected chi connectivity index (χ4v) is 4.71. The number of pyridine rings is 1. The van der Waals surface area contributed by atoms with E-state index in [-0.39, 0.29) is 15.4 Å². The molecule has 0 aliphatic rings. The summed E-state index contributed by atoms with van der Waals surface area (Å²) in [5.41, 5.74) is 1.41. The smallest absolute Gasteiger partial charge is 0.208 e. The van der Waals surface area contributed by atoms with Crippen LogP contribution in [-0.4, -0.2) is 13.4 Å². The number of nitriles is 1. The van der Waals surface area contributed by atoms with E-state index in [0.29, 0.717) is 27.1 Å². The number of rotatable bonds is 3. The first kappa shape index (κ1) is 19.1. The topological polar surface area (TPSA) is 70.8 Å². The molecule has 3 aromatic carbocycles. The van der Waals surface area contributed by atoms with Crippen LogP contribution in [0.25, 0.3) is 22.0 Å². The van der Waals surface area contributed by atoms with E-state index in [1.165, 1.54) is 6.20 Å². The van der Waals surface area contributed by atoms with Gasteiger partial charge in [0.2, 0.25) is 9.84 Å². The van der Waals surface area contributed by atoms with E-state index < -0.39 is 15.7 Å². The van der Waals surface area contributed by atoms with Crippen LogP contribution in [0.2, 0.25) is 5.02 Å². The van der Waals surface area contributed by atoms with Crippen LogP contribution in [0.3, 0.4) is 0 Å². The van der Waals surface area contributed by atoms with Gasteiger partial charge in [0, 0.05) is 22.2 Å². The second-order valence-electron chi connectivity index (χ2n) is 6.28. The van der Waals surface area contributed by atoms with Gasteiger partial charge in [-0.3, -0.25) is 4.98 Å². The monoisotopic (exact) mass is 422 g/mol. The summed E-state index contributed by atoms with van der Waals surface area (Å²) in [7, 11) is -4.08.